The number of aryl methyl sites for hydroxylation is 1. The summed E-state index contributed by atoms with van der Waals surface area (Å²) >= 11 is 7.69. The molecule has 1 amide bonds. The van der Waals surface area contributed by atoms with Crippen LogP contribution in [-0.4, -0.2) is 46.9 Å². The first-order valence-electron chi connectivity index (χ1n) is 11.1. The van der Waals surface area contributed by atoms with Gasteiger partial charge in [0.2, 0.25) is 5.91 Å². The fraction of sp³-hybridized carbons (Fsp3) is 0.333. The summed E-state index contributed by atoms with van der Waals surface area (Å²) in [6, 6.07) is 6.91. The van der Waals surface area contributed by atoms with E-state index >= 15 is 0 Å². The molecule has 11 heteroatoms. The number of ether oxygens (including phenoxy) is 3. The van der Waals surface area contributed by atoms with Crippen LogP contribution in [0.3, 0.4) is 0 Å². The Balaban J connectivity index is 1.18. The van der Waals surface area contributed by atoms with Crippen molar-refractivity contribution in [2.45, 2.75) is 25.8 Å². The minimum absolute atomic E-state index is 0.128. The van der Waals surface area contributed by atoms with E-state index in [9.17, 15) is 9.59 Å². The van der Waals surface area contributed by atoms with Crippen molar-refractivity contribution < 1.29 is 23.8 Å². The smallest absolute Gasteiger partial charge is 0.358 e. The second kappa shape index (κ2) is 11.9. The molecule has 2 heterocycles. The van der Waals surface area contributed by atoms with Gasteiger partial charge < -0.3 is 19.5 Å². The Labute approximate surface area is 211 Å². The van der Waals surface area contributed by atoms with Crippen molar-refractivity contribution in [3.8, 4) is 16.7 Å². The Bertz CT molecular complexity index is 1200. The molecular formula is C24H25ClN4O5S. The number of hydrogen-bond donors (Lipinski definition) is 1. The van der Waals surface area contributed by atoms with Crippen molar-refractivity contribution in [2.24, 2.45) is 5.92 Å². The van der Waals surface area contributed by atoms with Crippen LogP contribution in [0.2, 0.25) is 5.02 Å². The van der Waals surface area contributed by atoms with E-state index in [1.165, 1.54) is 36.0 Å². The number of halogens is 1. The van der Waals surface area contributed by atoms with Crippen LogP contribution in [0, 0.1) is 5.92 Å². The van der Waals surface area contributed by atoms with Crippen LogP contribution in [0.4, 0.5) is 0 Å². The number of carbonyl (C=O) groups excluding carboxylic acids is 2. The molecule has 184 valence electrons. The van der Waals surface area contributed by atoms with Crippen molar-refractivity contribution in [1.29, 1.82) is 0 Å². The summed E-state index contributed by atoms with van der Waals surface area (Å²) in [5, 5.41) is 7.80. The summed E-state index contributed by atoms with van der Waals surface area (Å²) < 4.78 is 17.7. The fourth-order valence-corrected chi connectivity index (χ4v) is 3.91. The van der Waals surface area contributed by atoms with Gasteiger partial charge in [-0.1, -0.05) is 29.0 Å². The monoisotopic (exact) mass is 516 g/mol. The van der Waals surface area contributed by atoms with Gasteiger partial charge in [0.25, 0.3) is 5.19 Å². The second-order valence-electron chi connectivity index (χ2n) is 7.89. The summed E-state index contributed by atoms with van der Waals surface area (Å²) in [5.41, 5.74) is 0.209. The Kier molecular flexibility index (Phi) is 8.38. The average molecular weight is 517 g/mol. The lowest BCUT2D eigenvalue weighted by Crippen LogP contribution is -2.24. The quantitative estimate of drug-likeness (QED) is 0.351. The van der Waals surface area contributed by atoms with Crippen LogP contribution in [0.25, 0.3) is 6.08 Å². The number of thiazole rings is 1. The highest BCUT2D eigenvalue weighted by Gasteiger charge is 2.22. The normalized spacial score (nSPS) is 13.1. The molecule has 0 aliphatic heterocycles. The minimum atomic E-state index is -0.510. The molecule has 1 aliphatic carbocycles. The number of nitrogens with one attached hydrogen (secondary N) is 1. The van der Waals surface area contributed by atoms with Crippen LogP contribution >= 0.6 is 22.9 Å². The lowest BCUT2D eigenvalue weighted by atomic mass is 10.3. The van der Waals surface area contributed by atoms with E-state index in [1.54, 1.807) is 30.6 Å². The van der Waals surface area contributed by atoms with Crippen LogP contribution in [0.1, 0.15) is 34.6 Å². The lowest BCUT2D eigenvalue weighted by Gasteiger charge is -2.08. The third-order valence-corrected chi connectivity index (χ3v) is 6.22. The van der Waals surface area contributed by atoms with Crippen molar-refractivity contribution in [3.05, 3.63) is 58.3 Å². The molecule has 1 fully saturated rings. The molecule has 9 nitrogen and oxygen atoms in total. The molecule has 35 heavy (non-hydrogen) atoms. The number of methoxy groups -OCH3 is 1. The number of nitrogens with zero attached hydrogens (tertiary/aromatic N) is 3. The maximum Gasteiger partial charge on any atom is 0.358 e. The zero-order valence-corrected chi connectivity index (χ0v) is 20.7. The number of aromatic nitrogens is 3. The number of carbonyl (C=O) groups is 2. The van der Waals surface area contributed by atoms with Gasteiger partial charge in [0.1, 0.15) is 11.5 Å². The third kappa shape index (κ3) is 7.56. The van der Waals surface area contributed by atoms with E-state index in [0.29, 0.717) is 35.0 Å². The Morgan fingerprint density at radius 2 is 2.17 bits per heavy atom. The number of amides is 1. The van der Waals surface area contributed by atoms with Crippen LogP contribution in [-0.2, 0) is 16.1 Å². The number of esters is 1. The first kappa shape index (κ1) is 24.7. The molecule has 0 unspecified atom stereocenters. The summed E-state index contributed by atoms with van der Waals surface area (Å²) in [6.07, 6.45) is 9.71. The van der Waals surface area contributed by atoms with E-state index in [-0.39, 0.29) is 18.0 Å². The predicted molar refractivity (Wildman–Crippen MR) is 132 cm³/mol. The van der Waals surface area contributed by atoms with Crippen molar-refractivity contribution in [2.75, 3.05) is 20.3 Å². The molecule has 0 saturated heterocycles. The molecule has 0 radical (unpaired) electrons. The average Bonchev–Trinajstić information content (AvgIpc) is 3.38. The topological polar surface area (TPSA) is 105 Å². The Hall–Kier alpha value is -3.37. The number of rotatable bonds is 12. The van der Waals surface area contributed by atoms with Gasteiger partial charge in [-0.15, -0.1) is 0 Å². The summed E-state index contributed by atoms with van der Waals surface area (Å²) in [7, 11) is 1.29. The van der Waals surface area contributed by atoms with Gasteiger partial charge in [-0.25, -0.2) is 9.78 Å². The standard InChI is InChI=1S/C24H25ClN4O5S/c1-32-23(31)20-8-11-29(28-20)12-9-22(30)26-10-2-3-18-14-27-24(35-18)34-21-7-6-17(13-19(21)25)33-15-16-4-5-16/h2-3,6-8,11,13-14,16H,4-5,9-10,12,15H2,1H3,(H,26,30)/b3-2+. The third-order valence-electron chi connectivity index (χ3n) is 5.09. The molecular weight excluding hydrogens is 492 g/mol. The summed E-state index contributed by atoms with van der Waals surface area (Å²) in [5.74, 6) is 1.28. The molecule has 4 rings (SSSR count). The van der Waals surface area contributed by atoms with Crippen molar-refractivity contribution in [3.63, 3.8) is 0 Å². The zero-order valence-electron chi connectivity index (χ0n) is 19.1. The maximum atomic E-state index is 12.0. The van der Waals surface area contributed by atoms with E-state index in [2.05, 4.69) is 20.1 Å². The SMILES string of the molecule is COC(=O)c1ccn(CCC(=O)NC/C=C/c2cnc(Oc3ccc(OCC4CC4)cc3Cl)s2)n1. The lowest BCUT2D eigenvalue weighted by molar-refractivity contribution is -0.121. The molecule has 1 N–H and O–H groups in total. The number of benzene rings is 1. The van der Waals surface area contributed by atoms with Crippen molar-refractivity contribution >= 4 is 40.9 Å². The fourth-order valence-electron chi connectivity index (χ4n) is 2.99. The van der Waals surface area contributed by atoms with Gasteiger partial charge >= 0.3 is 5.97 Å². The molecule has 1 saturated carbocycles. The van der Waals surface area contributed by atoms with Gasteiger partial charge in [0.05, 0.1) is 23.6 Å². The van der Waals surface area contributed by atoms with E-state index in [1.807, 2.05) is 18.2 Å². The molecule has 3 aromatic rings. The van der Waals surface area contributed by atoms with Gasteiger partial charge in [-0.05, 0) is 43.0 Å². The first-order chi connectivity index (χ1) is 17.0. The van der Waals surface area contributed by atoms with Crippen molar-refractivity contribution in [1.82, 2.24) is 20.1 Å². The molecule has 0 bridgehead atoms. The molecule has 2 aromatic heterocycles. The maximum absolute atomic E-state index is 12.0. The van der Waals surface area contributed by atoms with Crippen LogP contribution in [0.15, 0.2) is 42.7 Å². The van der Waals surface area contributed by atoms with Gasteiger partial charge in [-0.3, -0.25) is 9.48 Å². The minimum Gasteiger partial charge on any atom is -0.493 e. The van der Waals surface area contributed by atoms with Crippen LogP contribution < -0.4 is 14.8 Å². The van der Waals surface area contributed by atoms with Gasteiger partial charge in [0, 0.05) is 38.0 Å². The van der Waals surface area contributed by atoms with Gasteiger partial charge in [-0.2, -0.15) is 5.10 Å². The Morgan fingerprint density at radius 3 is 2.94 bits per heavy atom. The van der Waals surface area contributed by atoms with Crippen LogP contribution in [0.5, 0.6) is 16.7 Å². The van der Waals surface area contributed by atoms with E-state index in [0.717, 1.165) is 17.2 Å². The number of hydrogen-bond acceptors (Lipinski definition) is 8. The summed E-state index contributed by atoms with van der Waals surface area (Å²) in [6.45, 7) is 1.45. The second-order valence-corrected chi connectivity index (χ2v) is 9.32. The molecule has 1 aliphatic rings. The van der Waals surface area contributed by atoms with E-state index in [4.69, 9.17) is 21.1 Å². The Morgan fingerprint density at radius 1 is 1.31 bits per heavy atom. The zero-order chi connectivity index (χ0) is 24.6. The largest absolute Gasteiger partial charge is 0.493 e. The van der Waals surface area contributed by atoms with E-state index < -0.39 is 5.97 Å². The highest BCUT2D eigenvalue weighted by Crippen LogP contribution is 2.35. The highest BCUT2D eigenvalue weighted by atomic mass is 35.5. The first-order valence-corrected chi connectivity index (χ1v) is 12.3. The summed E-state index contributed by atoms with van der Waals surface area (Å²) in [4.78, 5) is 28.6. The predicted octanol–water partition coefficient (Wildman–Crippen LogP) is 4.58. The highest BCUT2D eigenvalue weighted by molar-refractivity contribution is 7.14. The van der Waals surface area contributed by atoms with Gasteiger partial charge in [0.15, 0.2) is 5.69 Å². The molecule has 1 aromatic carbocycles. The molecule has 0 atom stereocenters. The molecule has 0 spiro atoms.